The van der Waals surface area contributed by atoms with Gasteiger partial charge in [-0.25, -0.2) is 4.98 Å². The molecule has 1 aliphatic rings. The predicted octanol–water partition coefficient (Wildman–Crippen LogP) is 0.772. The minimum absolute atomic E-state index is 0.861. The van der Waals surface area contributed by atoms with Gasteiger partial charge in [-0.05, 0) is 12.2 Å². The Morgan fingerprint density at radius 2 is 2.27 bits per heavy atom. The van der Waals surface area contributed by atoms with Gasteiger partial charge in [0.2, 0.25) is 0 Å². The molecule has 0 saturated heterocycles. The first-order valence-corrected chi connectivity index (χ1v) is 3.23. The van der Waals surface area contributed by atoms with Gasteiger partial charge in [0.05, 0.1) is 0 Å². The number of allylic oxidation sites excluding steroid dienone is 1. The van der Waals surface area contributed by atoms with Gasteiger partial charge in [0.15, 0.2) is 0 Å². The van der Waals surface area contributed by atoms with Crippen molar-refractivity contribution >= 4 is 18.6 Å². The molecule has 0 radical (unpaired) electrons. The van der Waals surface area contributed by atoms with Gasteiger partial charge in [-0.1, -0.05) is 0 Å². The van der Waals surface area contributed by atoms with Crippen LogP contribution in [0, 0.1) is 0 Å². The van der Waals surface area contributed by atoms with Crippen molar-refractivity contribution in [3.8, 4) is 0 Å². The smallest absolute Gasteiger partial charge is 0.137 e. The van der Waals surface area contributed by atoms with Gasteiger partial charge in [0, 0.05) is 18.6 Å². The molecule has 2 rings (SSSR count). The molecule has 0 bridgehead atoms. The number of rotatable bonds is 0. The molecule has 1 aliphatic heterocycles. The highest BCUT2D eigenvalue weighted by atomic mass is 15.2. The predicted molar refractivity (Wildman–Crippen MR) is 43.6 cm³/mol. The van der Waals surface area contributed by atoms with Crippen molar-refractivity contribution in [1.82, 2.24) is 9.55 Å². The summed E-state index contributed by atoms with van der Waals surface area (Å²) in [6.45, 7) is 0. The summed E-state index contributed by atoms with van der Waals surface area (Å²) < 4.78 is 1.80. The molecule has 4 heteroatoms. The van der Waals surface area contributed by atoms with Crippen LogP contribution < -0.4 is 0 Å². The van der Waals surface area contributed by atoms with E-state index >= 15 is 0 Å². The van der Waals surface area contributed by atoms with Crippen LogP contribution in [0.15, 0.2) is 28.7 Å². The van der Waals surface area contributed by atoms with E-state index in [9.17, 15) is 0 Å². The molecule has 2 heterocycles. The molecule has 1 aromatic heterocycles. The highest BCUT2D eigenvalue weighted by Crippen LogP contribution is 1.98. The molecular weight excluding hydrogens is 140 g/mol. The summed E-state index contributed by atoms with van der Waals surface area (Å²) >= 11 is 0. The van der Waals surface area contributed by atoms with Crippen LogP contribution >= 0.6 is 0 Å². The van der Waals surface area contributed by atoms with E-state index in [0.29, 0.717) is 0 Å². The van der Waals surface area contributed by atoms with Crippen molar-refractivity contribution in [1.29, 1.82) is 0 Å². The van der Waals surface area contributed by atoms with E-state index in [1.54, 1.807) is 29.4 Å². The number of aromatic nitrogens is 2. The molecule has 0 atom stereocenters. The summed E-state index contributed by atoms with van der Waals surface area (Å²) in [6.07, 6.45) is 10.4. The Labute approximate surface area is 63.6 Å². The lowest BCUT2D eigenvalue weighted by Crippen LogP contribution is -1.97. The highest BCUT2D eigenvalue weighted by Gasteiger charge is 1.94. The van der Waals surface area contributed by atoms with Crippen molar-refractivity contribution in [2.45, 2.75) is 0 Å². The summed E-state index contributed by atoms with van der Waals surface area (Å²) in [5, 5.41) is 7.48. The molecular formula is C7H6N4. The molecule has 4 nitrogen and oxygen atoms in total. The van der Waals surface area contributed by atoms with E-state index in [0.717, 1.165) is 5.82 Å². The molecule has 0 amide bonds. The van der Waals surface area contributed by atoms with E-state index < -0.39 is 0 Å². The molecule has 0 aromatic carbocycles. The average molecular weight is 146 g/mol. The number of hydrogen-bond acceptors (Lipinski definition) is 3. The standard InChI is InChI=1S/C7H6N4/c1-2-7-8-4-5-11(7)6-10-9-3-1/h1-6H. The normalized spacial score (nSPS) is 14.2. The monoisotopic (exact) mass is 146 g/mol. The summed E-state index contributed by atoms with van der Waals surface area (Å²) in [5.74, 6) is 0.861. The van der Waals surface area contributed by atoms with Gasteiger partial charge in [-0.2, -0.15) is 5.10 Å². The Balaban J connectivity index is 2.52. The summed E-state index contributed by atoms with van der Waals surface area (Å²) in [7, 11) is 0. The zero-order valence-corrected chi connectivity index (χ0v) is 5.75. The Bertz CT molecular complexity index is 301. The zero-order chi connectivity index (χ0) is 7.52. The molecule has 54 valence electrons. The molecule has 0 saturated carbocycles. The lowest BCUT2D eigenvalue weighted by molar-refractivity contribution is 1.10. The first-order chi connectivity index (χ1) is 5.47. The van der Waals surface area contributed by atoms with Crippen LogP contribution in [0.1, 0.15) is 5.82 Å². The largest absolute Gasteiger partial charge is 0.289 e. The van der Waals surface area contributed by atoms with Crippen LogP contribution in [-0.4, -0.2) is 22.1 Å². The Kier molecular flexibility index (Phi) is 1.37. The van der Waals surface area contributed by atoms with Crippen molar-refractivity contribution in [3.05, 3.63) is 24.3 Å². The Morgan fingerprint density at radius 1 is 1.27 bits per heavy atom. The minimum atomic E-state index is 0.861. The van der Waals surface area contributed by atoms with Crippen LogP contribution in [0.5, 0.6) is 0 Å². The van der Waals surface area contributed by atoms with Gasteiger partial charge in [-0.3, -0.25) is 4.57 Å². The lowest BCUT2D eigenvalue weighted by atomic mass is 10.5. The van der Waals surface area contributed by atoms with Crippen molar-refractivity contribution < 1.29 is 0 Å². The molecule has 1 aromatic rings. The van der Waals surface area contributed by atoms with Crippen LogP contribution in [0.3, 0.4) is 0 Å². The molecule has 0 unspecified atom stereocenters. The first kappa shape index (κ1) is 6.03. The summed E-state index contributed by atoms with van der Waals surface area (Å²) in [6, 6.07) is 0. The Morgan fingerprint density at radius 3 is 3.27 bits per heavy atom. The molecule has 0 spiro atoms. The SMILES string of the molecule is C1=Cc2nccn2C=NN=C1. The zero-order valence-electron chi connectivity index (χ0n) is 5.75. The van der Waals surface area contributed by atoms with Gasteiger partial charge in [0.25, 0.3) is 0 Å². The quantitative estimate of drug-likeness (QED) is 0.533. The number of hydrogen-bond donors (Lipinski definition) is 0. The van der Waals surface area contributed by atoms with Gasteiger partial charge in [0.1, 0.15) is 12.2 Å². The number of fused-ring (bicyclic) bond motifs is 1. The van der Waals surface area contributed by atoms with Gasteiger partial charge >= 0.3 is 0 Å². The third-order valence-electron chi connectivity index (χ3n) is 1.34. The van der Waals surface area contributed by atoms with Gasteiger partial charge in [-0.15, -0.1) is 5.10 Å². The molecule has 0 aliphatic carbocycles. The third kappa shape index (κ3) is 1.10. The topological polar surface area (TPSA) is 42.5 Å². The maximum atomic E-state index is 4.08. The third-order valence-corrected chi connectivity index (χ3v) is 1.34. The van der Waals surface area contributed by atoms with Crippen molar-refractivity contribution in [2.24, 2.45) is 10.2 Å². The fraction of sp³-hybridized carbons (Fsp3) is 0. The van der Waals surface area contributed by atoms with E-state index in [2.05, 4.69) is 15.2 Å². The van der Waals surface area contributed by atoms with Gasteiger partial charge < -0.3 is 0 Å². The fourth-order valence-electron chi connectivity index (χ4n) is 0.843. The van der Waals surface area contributed by atoms with Crippen LogP contribution in [0.2, 0.25) is 0 Å². The van der Waals surface area contributed by atoms with Crippen LogP contribution in [0.25, 0.3) is 6.08 Å². The second kappa shape index (κ2) is 2.49. The first-order valence-electron chi connectivity index (χ1n) is 3.23. The molecule has 0 fully saturated rings. The van der Waals surface area contributed by atoms with Crippen LogP contribution in [0.4, 0.5) is 0 Å². The second-order valence-electron chi connectivity index (χ2n) is 2.05. The fourth-order valence-corrected chi connectivity index (χ4v) is 0.843. The van der Waals surface area contributed by atoms with E-state index in [1.807, 2.05) is 12.3 Å². The van der Waals surface area contributed by atoms with E-state index in [4.69, 9.17) is 0 Å². The minimum Gasteiger partial charge on any atom is -0.289 e. The van der Waals surface area contributed by atoms with Crippen molar-refractivity contribution in [3.63, 3.8) is 0 Å². The Hall–Kier alpha value is -1.71. The maximum absolute atomic E-state index is 4.08. The lowest BCUT2D eigenvalue weighted by Gasteiger charge is -1.94. The summed E-state index contributed by atoms with van der Waals surface area (Å²) in [4.78, 5) is 4.08. The molecule has 0 N–H and O–H groups in total. The maximum Gasteiger partial charge on any atom is 0.137 e. The highest BCUT2D eigenvalue weighted by molar-refractivity contribution is 5.79. The number of imidazole rings is 1. The van der Waals surface area contributed by atoms with Crippen LogP contribution in [-0.2, 0) is 0 Å². The average Bonchev–Trinajstić information content (AvgIpc) is 2.35. The molecule has 11 heavy (non-hydrogen) atoms. The van der Waals surface area contributed by atoms with Crippen molar-refractivity contribution in [2.75, 3.05) is 0 Å². The van der Waals surface area contributed by atoms with E-state index in [-0.39, 0.29) is 0 Å². The van der Waals surface area contributed by atoms with E-state index in [1.165, 1.54) is 0 Å². The second-order valence-corrected chi connectivity index (χ2v) is 2.05. The summed E-state index contributed by atoms with van der Waals surface area (Å²) in [5.41, 5.74) is 0. The number of nitrogens with zero attached hydrogens (tertiary/aromatic N) is 4.